The molecule has 0 atom stereocenters. The fourth-order valence-corrected chi connectivity index (χ4v) is 5.61. The first kappa shape index (κ1) is 22.1. The standard InChI is InChI=1S/C33H23N3O2/c34-33(38)36-19-24-12-10-22(18-29(24)27-15-14-26(27)28-7-3-4-8-31(28)36)21-13-16-30-23(17-21)11-9-20-5-1-2-6-25(20)32(37)35-30/h1-8,10,12-13,16-18H,14-15,19H2,(H2,34,38)(H,35,37). The zero-order valence-electron chi connectivity index (χ0n) is 20.5. The van der Waals surface area contributed by atoms with Crippen molar-refractivity contribution in [1.29, 1.82) is 0 Å². The number of nitrogens with two attached hydrogens (primary N) is 1. The Morgan fingerprint density at radius 3 is 2.26 bits per heavy atom. The average molecular weight is 494 g/mol. The largest absolute Gasteiger partial charge is 0.351 e. The van der Waals surface area contributed by atoms with Crippen LogP contribution < -0.4 is 16.0 Å². The van der Waals surface area contributed by atoms with Gasteiger partial charge in [-0.1, -0.05) is 60.4 Å². The zero-order valence-corrected chi connectivity index (χ0v) is 20.5. The molecule has 3 amide bonds. The van der Waals surface area contributed by atoms with Crippen molar-refractivity contribution in [1.82, 2.24) is 0 Å². The number of amides is 3. The van der Waals surface area contributed by atoms with Crippen molar-refractivity contribution < 1.29 is 9.59 Å². The number of anilines is 2. The summed E-state index contributed by atoms with van der Waals surface area (Å²) < 4.78 is 0. The molecule has 0 bridgehead atoms. The predicted molar refractivity (Wildman–Crippen MR) is 151 cm³/mol. The van der Waals surface area contributed by atoms with E-state index in [1.54, 1.807) is 11.0 Å². The molecule has 5 heteroatoms. The van der Waals surface area contributed by atoms with E-state index < -0.39 is 6.03 Å². The number of carbonyl (C=O) groups excluding carboxylic acids is 2. The Morgan fingerprint density at radius 2 is 1.45 bits per heavy atom. The lowest BCUT2D eigenvalue weighted by Crippen LogP contribution is -2.37. The summed E-state index contributed by atoms with van der Waals surface area (Å²) in [6.45, 7) is 0.417. The van der Waals surface area contributed by atoms with Crippen LogP contribution in [0.3, 0.4) is 0 Å². The van der Waals surface area contributed by atoms with E-state index in [1.807, 2.05) is 54.6 Å². The minimum absolute atomic E-state index is 0.159. The van der Waals surface area contributed by atoms with Gasteiger partial charge in [-0.2, -0.15) is 0 Å². The van der Waals surface area contributed by atoms with Gasteiger partial charge >= 0.3 is 6.03 Å². The number of para-hydroxylation sites is 1. The molecule has 0 fully saturated rings. The van der Waals surface area contributed by atoms with Crippen LogP contribution in [0, 0.1) is 11.8 Å². The van der Waals surface area contributed by atoms with Crippen molar-refractivity contribution >= 4 is 34.5 Å². The topological polar surface area (TPSA) is 75.4 Å². The van der Waals surface area contributed by atoms with Gasteiger partial charge in [-0.25, -0.2) is 4.79 Å². The molecule has 5 nitrogen and oxygen atoms in total. The first-order valence-electron chi connectivity index (χ1n) is 12.7. The molecule has 3 N–H and O–H groups in total. The highest BCUT2D eigenvalue weighted by molar-refractivity contribution is 6.08. The number of nitrogens with zero attached hydrogens (tertiary/aromatic N) is 1. The second kappa shape index (κ2) is 8.50. The summed E-state index contributed by atoms with van der Waals surface area (Å²) in [6, 6.07) is 27.3. The highest BCUT2D eigenvalue weighted by Gasteiger charge is 2.30. The molecule has 0 aromatic heterocycles. The second-order valence-corrected chi connectivity index (χ2v) is 9.78. The molecule has 1 aliphatic carbocycles. The van der Waals surface area contributed by atoms with E-state index in [9.17, 15) is 9.59 Å². The first-order chi connectivity index (χ1) is 18.6. The SMILES string of the molecule is NC(=O)N1Cc2ccc(-c3ccc4c(c3)C#Cc3ccccc3C(=O)N4)cc2C2=C(CC2)c2ccccc21. The van der Waals surface area contributed by atoms with Crippen LogP contribution in [0.15, 0.2) is 84.9 Å². The quantitative estimate of drug-likeness (QED) is 0.300. The van der Waals surface area contributed by atoms with E-state index in [-0.39, 0.29) is 5.91 Å². The van der Waals surface area contributed by atoms with Gasteiger partial charge in [0.25, 0.3) is 5.91 Å². The molecule has 0 saturated heterocycles. The number of primary amides is 1. The summed E-state index contributed by atoms with van der Waals surface area (Å²) in [5.74, 6) is 6.27. The molecule has 2 heterocycles. The fraction of sp³-hybridized carbons (Fsp3) is 0.0909. The van der Waals surface area contributed by atoms with Crippen molar-refractivity contribution in [3.05, 3.63) is 118 Å². The third kappa shape index (κ3) is 3.50. The summed E-state index contributed by atoms with van der Waals surface area (Å²) in [4.78, 5) is 26.9. The lowest BCUT2D eigenvalue weighted by molar-refractivity contribution is 0.102. The van der Waals surface area contributed by atoms with Crippen LogP contribution in [-0.2, 0) is 6.54 Å². The maximum absolute atomic E-state index is 12.8. The number of fused-ring (bicyclic) bond motifs is 6. The Labute approximate surface area is 220 Å². The van der Waals surface area contributed by atoms with Gasteiger partial charge in [0.2, 0.25) is 0 Å². The Hall–Kier alpha value is -5.08. The Kier molecular flexibility index (Phi) is 4.95. The normalized spacial score (nSPS) is 14.8. The molecule has 7 rings (SSSR count). The summed E-state index contributed by atoms with van der Waals surface area (Å²) in [6.07, 6.45) is 1.97. The third-order valence-corrected chi connectivity index (χ3v) is 7.64. The van der Waals surface area contributed by atoms with E-state index in [2.05, 4.69) is 41.4 Å². The van der Waals surface area contributed by atoms with Gasteiger partial charge < -0.3 is 11.1 Å². The maximum Gasteiger partial charge on any atom is 0.319 e. The number of nitrogens with one attached hydrogen (secondary N) is 1. The van der Waals surface area contributed by atoms with Crippen LogP contribution >= 0.6 is 0 Å². The smallest absolute Gasteiger partial charge is 0.319 e. The lowest BCUT2D eigenvalue weighted by atomic mass is 9.76. The van der Waals surface area contributed by atoms with Gasteiger partial charge in [0.1, 0.15) is 0 Å². The van der Waals surface area contributed by atoms with E-state index in [1.165, 1.54) is 11.1 Å². The summed E-state index contributed by atoms with van der Waals surface area (Å²) in [7, 11) is 0. The van der Waals surface area contributed by atoms with E-state index in [0.29, 0.717) is 23.4 Å². The number of rotatable bonds is 1. The van der Waals surface area contributed by atoms with Crippen molar-refractivity contribution in [3.63, 3.8) is 0 Å². The molecule has 3 aliphatic rings. The number of benzene rings is 4. The third-order valence-electron chi connectivity index (χ3n) is 7.64. The van der Waals surface area contributed by atoms with Gasteiger partial charge in [-0.3, -0.25) is 9.69 Å². The molecular weight excluding hydrogens is 470 g/mol. The molecule has 0 spiro atoms. The molecular formula is C33H23N3O2. The lowest BCUT2D eigenvalue weighted by Gasteiger charge is -2.34. The second-order valence-electron chi connectivity index (χ2n) is 9.78. The van der Waals surface area contributed by atoms with Crippen LogP contribution in [0.1, 0.15) is 51.0 Å². The van der Waals surface area contributed by atoms with Crippen molar-refractivity contribution in [2.45, 2.75) is 19.4 Å². The van der Waals surface area contributed by atoms with E-state index >= 15 is 0 Å². The molecule has 182 valence electrons. The molecule has 0 saturated carbocycles. The molecule has 4 aromatic carbocycles. The van der Waals surface area contributed by atoms with Gasteiger partial charge in [0.15, 0.2) is 0 Å². The maximum atomic E-state index is 12.8. The Balaban J connectivity index is 1.34. The van der Waals surface area contributed by atoms with Crippen molar-refractivity contribution in [3.8, 4) is 23.0 Å². The van der Waals surface area contributed by atoms with Crippen LogP contribution in [-0.4, -0.2) is 11.9 Å². The van der Waals surface area contributed by atoms with Crippen LogP contribution in [0.4, 0.5) is 16.2 Å². The number of carbonyl (C=O) groups is 2. The molecule has 0 radical (unpaired) electrons. The summed E-state index contributed by atoms with van der Waals surface area (Å²) >= 11 is 0. The van der Waals surface area contributed by atoms with E-state index in [0.717, 1.165) is 51.9 Å². The van der Waals surface area contributed by atoms with Crippen molar-refractivity contribution in [2.24, 2.45) is 5.73 Å². The van der Waals surface area contributed by atoms with Gasteiger partial charge in [0.05, 0.1) is 23.5 Å². The predicted octanol–water partition coefficient (Wildman–Crippen LogP) is 6.42. The summed E-state index contributed by atoms with van der Waals surface area (Å²) in [5.41, 5.74) is 17.4. The first-order valence-corrected chi connectivity index (χ1v) is 12.7. The van der Waals surface area contributed by atoms with Gasteiger partial charge in [-0.05, 0) is 82.6 Å². The van der Waals surface area contributed by atoms with Gasteiger partial charge in [0, 0.05) is 16.7 Å². The number of urea groups is 1. The zero-order chi connectivity index (χ0) is 25.8. The highest BCUT2D eigenvalue weighted by atomic mass is 16.2. The number of hydrogen-bond donors (Lipinski definition) is 2. The van der Waals surface area contributed by atoms with E-state index in [4.69, 9.17) is 5.73 Å². The van der Waals surface area contributed by atoms with Crippen molar-refractivity contribution in [2.75, 3.05) is 10.2 Å². The average Bonchev–Trinajstić information content (AvgIpc) is 2.90. The van der Waals surface area contributed by atoms with Crippen LogP contribution in [0.5, 0.6) is 0 Å². The molecule has 2 aliphatic heterocycles. The number of allylic oxidation sites excluding steroid dienone is 2. The molecule has 4 aromatic rings. The van der Waals surface area contributed by atoms with Crippen LogP contribution in [0.2, 0.25) is 0 Å². The minimum atomic E-state index is -0.459. The highest BCUT2D eigenvalue weighted by Crippen LogP contribution is 2.48. The number of hydrogen-bond acceptors (Lipinski definition) is 2. The Bertz CT molecular complexity index is 1790. The molecule has 0 unspecified atom stereocenters. The monoisotopic (exact) mass is 493 g/mol. The molecule has 38 heavy (non-hydrogen) atoms. The fourth-order valence-electron chi connectivity index (χ4n) is 5.61. The minimum Gasteiger partial charge on any atom is -0.351 e. The van der Waals surface area contributed by atoms with Crippen LogP contribution in [0.25, 0.3) is 22.3 Å². The van der Waals surface area contributed by atoms with Gasteiger partial charge in [-0.15, -0.1) is 0 Å². The Morgan fingerprint density at radius 1 is 0.763 bits per heavy atom. The summed E-state index contributed by atoms with van der Waals surface area (Å²) in [5, 5.41) is 3.01.